The molecule has 6 rings (SSSR count). The van der Waals surface area contributed by atoms with Crippen molar-refractivity contribution < 1.29 is 19.8 Å². The standard InChI is InChI=1S/C20H16N2O4/c23-19(24)17-11-4-2-1-3-9(11)13-7-14-10-5-6-12(10)18-20(25)26-21-22(18)16(14)8-15(13)17/h1-4,7-8,10,12,18,20-21,25H,5-6H2/p+1. The van der Waals surface area contributed by atoms with Crippen LogP contribution in [0.1, 0.15) is 29.9 Å². The van der Waals surface area contributed by atoms with Gasteiger partial charge in [-0.15, -0.1) is 0 Å². The van der Waals surface area contributed by atoms with Crippen LogP contribution in [0.3, 0.4) is 0 Å². The topological polar surface area (TPSA) is 81.8 Å². The lowest BCUT2D eigenvalue weighted by atomic mass is 9.64. The fourth-order valence-electron chi connectivity index (χ4n) is 5.15. The van der Waals surface area contributed by atoms with Crippen LogP contribution < -0.4 is 20.8 Å². The molecule has 1 saturated heterocycles. The first kappa shape index (κ1) is 14.5. The second-order valence-electron chi connectivity index (χ2n) is 7.49. The number of rotatable bonds is 1. The number of carbonyl (C=O) groups is 1. The van der Waals surface area contributed by atoms with Gasteiger partial charge in [-0.2, -0.15) is 4.84 Å². The lowest BCUT2D eigenvalue weighted by Gasteiger charge is -2.39. The first-order valence-electron chi connectivity index (χ1n) is 8.92. The van der Waals surface area contributed by atoms with E-state index in [2.05, 4.69) is 11.7 Å². The highest BCUT2D eigenvalue weighted by atomic mass is 16.8. The van der Waals surface area contributed by atoms with Crippen LogP contribution in [0.25, 0.3) is 5.57 Å². The van der Waals surface area contributed by atoms with Gasteiger partial charge in [0, 0.05) is 23.1 Å². The summed E-state index contributed by atoms with van der Waals surface area (Å²) in [5, 5.41) is 23.7. The van der Waals surface area contributed by atoms with Crippen molar-refractivity contribution in [2.45, 2.75) is 31.1 Å². The van der Waals surface area contributed by atoms with E-state index in [4.69, 9.17) is 4.84 Å². The second kappa shape index (κ2) is 4.72. The van der Waals surface area contributed by atoms with Crippen LogP contribution in [0.2, 0.25) is 0 Å². The molecule has 0 spiro atoms. The summed E-state index contributed by atoms with van der Waals surface area (Å²) in [5.74, 6) is -0.184. The Morgan fingerprint density at radius 2 is 1.96 bits per heavy atom. The second-order valence-corrected chi connectivity index (χ2v) is 7.49. The SMILES string of the molecule is O=C(O)C1=c2ccccc2=c2cc3c(cc21)=[N+]1NOC(O)C1C1CCC31. The highest BCUT2D eigenvalue weighted by Gasteiger charge is 2.56. The van der Waals surface area contributed by atoms with Crippen molar-refractivity contribution in [1.82, 2.24) is 10.3 Å². The summed E-state index contributed by atoms with van der Waals surface area (Å²) in [7, 11) is 0. The molecule has 2 aliphatic carbocycles. The Morgan fingerprint density at radius 1 is 1.15 bits per heavy atom. The predicted octanol–water partition coefficient (Wildman–Crippen LogP) is -0.294. The van der Waals surface area contributed by atoms with E-state index in [0.717, 1.165) is 39.4 Å². The van der Waals surface area contributed by atoms with E-state index in [0.29, 0.717) is 17.4 Å². The van der Waals surface area contributed by atoms with Crippen LogP contribution in [-0.4, -0.2) is 28.5 Å². The van der Waals surface area contributed by atoms with Crippen molar-refractivity contribution in [3.63, 3.8) is 0 Å². The molecule has 6 heteroatoms. The smallest absolute Gasteiger partial charge is 0.336 e. The lowest BCUT2D eigenvalue weighted by molar-refractivity contribution is -0.130. The lowest BCUT2D eigenvalue weighted by Crippen LogP contribution is -2.56. The summed E-state index contributed by atoms with van der Waals surface area (Å²) in [6.07, 6.45) is 1.28. The van der Waals surface area contributed by atoms with E-state index in [9.17, 15) is 15.0 Å². The Hall–Kier alpha value is -2.70. The molecule has 130 valence electrons. The first-order chi connectivity index (χ1) is 12.6. The van der Waals surface area contributed by atoms with Crippen molar-refractivity contribution in [2.24, 2.45) is 5.92 Å². The summed E-state index contributed by atoms with van der Waals surface area (Å²) in [4.78, 5) is 17.2. The van der Waals surface area contributed by atoms with Crippen molar-refractivity contribution in [2.75, 3.05) is 0 Å². The van der Waals surface area contributed by atoms with Crippen LogP contribution in [-0.2, 0) is 9.63 Å². The molecule has 4 atom stereocenters. The molecule has 2 aromatic rings. The molecule has 3 N–H and O–H groups in total. The Morgan fingerprint density at radius 3 is 2.69 bits per heavy atom. The van der Waals surface area contributed by atoms with Crippen LogP contribution in [0.4, 0.5) is 0 Å². The molecular formula is C20H17N2O4+. The molecular weight excluding hydrogens is 332 g/mol. The highest BCUT2D eigenvalue weighted by Crippen LogP contribution is 2.47. The molecule has 2 heterocycles. The molecule has 0 bridgehead atoms. The Labute approximate surface area is 147 Å². The minimum absolute atomic E-state index is 0.128. The molecule has 0 aromatic heterocycles. The van der Waals surface area contributed by atoms with Crippen LogP contribution >= 0.6 is 0 Å². The molecule has 4 unspecified atom stereocenters. The van der Waals surface area contributed by atoms with Gasteiger partial charge in [0.05, 0.1) is 5.57 Å². The van der Waals surface area contributed by atoms with Crippen LogP contribution in [0, 0.1) is 16.4 Å². The molecule has 1 saturated carbocycles. The number of fused-ring (bicyclic) bond motifs is 7. The minimum Gasteiger partial charge on any atom is -0.478 e. The molecule has 2 aliphatic heterocycles. The maximum atomic E-state index is 12.0. The van der Waals surface area contributed by atoms with Gasteiger partial charge >= 0.3 is 5.97 Å². The number of hydrazine groups is 1. The minimum atomic E-state index is -0.921. The zero-order chi connectivity index (χ0) is 17.6. The first-order valence-corrected chi connectivity index (χ1v) is 8.92. The summed E-state index contributed by atoms with van der Waals surface area (Å²) < 4.78 is 1.88. The molecule has 2 fully saturated rings. The van der Waals surface area contributed by atoms with Crippen molar-refractivity contribution in [1.29, 1.82) is 0 Å². The summed E-state index contributed by atoms with van der Waals surface area (Å²) in [6, 6.07) is 11.6. The number of aliphatic carboxylic acids is 1. The third-order valence-corrected chi connectivity index (χ3v) is 6.42. The van der Waals surface area contributed by atoms with E-state index in [1.54, 1.807) is 0 Å². The van der Waals surface area contributed by atoms with Gasteiger partial charge in [-0.05, 0) is 40.5 Å². The quantitative estimate of drug-likeness (QED) is 0.616. The van der Waals surface area contributed by atoms with Gasteiger partial charge < -0.3 is 10.2 Å². The van der Waals surface area contributed by atoms with Gasteiger partial charge in [0.15, 0.2) is 0 Å². The fraction of sp³-hybridized carbons (Fsp3) is 0.300. The summed E-state index contributed by atoms with van der Waals surface area (Å²) >= 11 is 0. The van der Waals surface area contributed by atoms with Gasteiger partial charge in [0.1, 0.15) is 0 Å². The molecule has 4 aliphatic rings. The number of hydrogen-bond acceptors (Lipinski definition) is 4. The summed E-state index contributed by atoms with van der Waals surface area (Å²) in [5.41, 5.74) is 5.12. The summed E-state index contributed by atoms with van der Waals surface area (Å²) in [6.45, 7) is 0. The number of aliphatic hydroxyl groups excluding tert-OH is 1. The van der Waals surface area contributed by atoms with E-state index in [-0.39, 0.29) is 6.04 Å². The monoisotopic (exact) mass is 349 g/mol. The third-order valence-electron chi connectivity index (χ3n) is 6.42. The Balaban J connectivity index is 1.77. The number of nitrogens with zero attached hydrogens (tertiary/aromatic N) is 1. The van der Waals surface area contributed by atoms with Gasteiger partial charge in [0.25, 0.3) is 6.29 Å². The molecule has 6 nitrogen and oxygen atoms in total. The number of benzene rings is 2. The van der Waals surface area contributed by atoms with Crippen LogP contribution in [0.5, 0.6) is 0 Å². The Bertz CT molecular complexity index is 1220. The zero-order valence-corrected chi connectivity index (χ0v) is 13.8. The zero-order valence-electron chi connectivity index (χ0n) is 13.8. The van der Waals surface area contributed by atoms with E-state index < -0.39 is 12.3 Å². The van der Waals surface area contributed by atoms with Crippen molar-refractivity contribution >= 4 is 11.5 Å². The van der Waals surface area contributed by atoms with Gasteiger partial charge in [-0.3, -0.25) is 0 Å². The van der Waals surface area contributed by atoms with Crippen molar-refractivity contribution in [3.8, 4) is 0 Å². The van der Waals surface area contributed by atoms with E-state index >= 15 is 0 Å². The average Bonchev–Trinajstić information content (AvgIpc) is 3.12. The number of nitrogens with one attached hydrogen (secondary N) is 1. The normalized spacial score (nSPS) is 29.7. The van der Waals surface area contributed by atoms with E-state index in [1.165, 1.54) is 5.56 Å². The largest absolute Gasteiger partial charge is 0.478 e. The number of aliphatic hydroxyl groups is 1. The van der Waals surface area contributed by atoms with Crippen LogP contribution in [0.15, 0.2) is 36.4 Å². The fourth-order valence-corrected chi connectivity index (χ4v) is 5.15. The van der Waals surface area contributed by atoms with Gasteiger partial charge in [0.2, 0.25) is 11.4 Å². The third kappa shape index (κ3) is 1.59. The number of carboxylic acids is 1. The van der Waals surface area contributed by atoms with E-state index in [1.807, 2.05) is 35.0 Å². The maximum absolute atomic E-state index is 12.0. The molecule has 0 radical (unpaired) electrons. The number of hydrogen-bond donors (Lipinski definition) is 3. The Kier molecular flexibility index (Phi) is 2.63. The van der Waals surface area contributed by atoms with Gasteiger partial charge in [-0.25, -0.2) is 4.79 Å². The molecule has 0 amide bonds. The average molecular weight is 349 g/mol. The van der Waals surface area contributed by atoms with Crippen molar-refractivity contribution in [3.05, 3.63) is 68.5 Å². The maximum Gasteiger partial charge on any atom is 0.336 e. The molecule has 2 aromatic carbocycles. The molecule has 26 heavy (non-hydrogen) atoms. The van der Waals surface area contributed by atoms with Gasteiger partial charge in [-0.1, -0.05) is 34.5 Å². The number of carboxylic acid groups (broad SMARTS) is 1. The predicted molar refractivity (Wildman–Crippen MR) is 90.7 cm³/mol. The highest BCUT2D eigenvalue weighted by molar-refractivity contribution is 6.15.